The van der Waals surface area contributed by atoms with Crippen LogP contribution < -0.4 is 18.9 Å². The Kier molecular flexibility index (Phi) is 3.35. The third kappa shape index (κ3) is 1.69. The molecule has 0 unspecified atom stereocenters. The van der Waals surface area contributed by atoms with Crippen LogP contribution in [0, 0.1) is 23.7 Å². The van der Waals surface area contributed by atoms with E-state index in [9.17, 15) is 4.79 Å². The Hall–Kier alpha value is -0.883. The Morgan fingerprint density at radius 3 is 2.54 bits per heavy atom. The molecule has 3 saturated carbocycles. The minimum atomic E-state index is -0.578. The number of fused-ring (bicyclic) bond motifs is 1. The quantitative estimate of drug-likeness (QED) is 0.558. The first-order chi connectivity index (χ1) is 10.9. The van der Waals surface area contributed by atoms with Crippen molar-refractivity contribution in [3.05, 3.63) is 42.3 Å². The molecule has 2 heterocycles. The van der Waals surface area contributed by atoms with Gasteiger partial charge in [-0.3, -0.25) is 6.42 Å². The number of amides is 1. The summed E-state index contributed by atoms with van der Waals surface area (Å²) in [6.07, 6.45) is 4.81. The van der Waals surface area contributed by atoms with Gasteiger partial charge in [0.1, 0.15) is 5.72 Å². The fourth-order valence-electron chi connectivity index (χ4n) is 6.10. The van der Waals surface area contributed by atoms with Crippen molar-refractivity contribution in [3.63, 3.8) is 0 Å². The van der Waals surface area contributed by atoms with Gasteiger partial charge in [0.05, 0.1) is 17.6 Å². The van der Waals surface area contributed by atoms with E-state index in [-0.39, 0.29) is 36.4 Å². The molecule has 24 heavy (non-hydrogen) atoms. The maximum atomic E-state index is 12.7. The van der Waals surface area contributed by atoms with Crippen LogP contribution in [0.5, 0.6) is 0 Å². The minimum Gasteiger partial charge on any atom is -0.345 e. The van der Waals surface area contributed by atoms with Crippen molar-refractivity contribution in [3.8, 4) is 0 Å². The van der Waals surface area contributed by atoms with Crippen LogP contribution in [0.1, 0.15) is 45.6 Å². The van der Waals surface area contributed by atoms with Gasteiger partial charge in [-0.15, -0.1) is 6.42 Å². The van der Waals surface area contributed by atoms with Crippen molar-refractivity contribution in [2.24, 2.45) is 17.3 Å². The van der Waals surface area contributed by atoms with Gasteiger partial charge in [-0.2, -0.15) is 0 Å². The fourth-order valence-corrected chi connectivity index (χ4v) is 6.10. The maximum Gasteiger partial charge on any atom is 1.00 e. The molecule has 0 radical (unpaired) electrons. The van der Waals surface area contributed by atoms with Crippen LogP contribution in [0.3, 0.4) is 0 Å². The SMILES string of the molecule is CC1(C)[C@H]2C[C@@H]3N4C(=O)[CH-]C[C@@]4(c4ccccc4)O[C@]3(C)[C@@H]1C2.[Li+]. The van der Waals surface area contributed by atoms with Crippen LogP contribution >= 0.6 is 0 Å². The van der Waals surface area contributed by atoms with Crippen LogP contribution in [0.15, 0.2) is 30.3 Å². The summed E-state index contributed by atoms with van der Waals surface area (Å²) in [5.41, 5.74) is 0.645. The molecule has 0 aromatic heterocycles. The zero-order valence-electron chi connectivity index (χ0n) is 15.1. The Bertz CT molecular complexity index is 690. The van der Waals surface area contributed by atoms with Crippen LogP contribution in [-0.2, 0) is 15.3 Å². The maximum absolute atomic E-state index is 12.7. The van der Waals surface area contributed by atoms with Crippen molar-refractivity contribution >= 4 is 5.91 Å². The molecule has 3 nitrogen and oxygen atoms in total. The summed E-state index contributed by atoms with van der Waals surface area (Å²) >= 11 is 0. The molecule has 1 aromatic carbocycles. The zero-order valence-corrected chi connectivity index (χ0v) is 15.1. The van der Waals surface area contributed by atoms with Crippen molar-refractivity contribution in [1.29, 1.82) is 0 Å². The molecule has 2 saturated heterocycles. The van der Waals surface area contributed by atoms with Gasteiger partial charge in [0.2, 0.25) is 0 Å². The van der Waals surface area contributed by atoms with Crippen LogP contribution in [0.25, 0.3) is 0 Å². The predicted octanol–water partition coefficient (Wildman–Crippen LogP) is 0.503. The zero-order chi connectivity index (χ0) is 16.0. The van der Waals surface area contributed by atoms with E-state index in [1.54, 1.807) is 0 Å². The van der Waals surface area contributed by atoms with Crippen molar-refractivity contribution in [2.75, 3.05) is 0 Å². The second kappa shape index (κ2) is 4.85. The van der Waals surface area contributed by atoms with Gasteiger partial charge in [-0.1, -0.05) is 44.2 Å². The van der Waals surface area contributed by atoms with Crippen molar-refractivity contribution < 1.29 is 28.4 Å². The van der Waals surface area contributed by atoms with E-state index in [4.69, 9.17) is 4.74 Å². The van der Waals surface area contributed by atoms with E-state index < -0.39 is 5.72 Å². The third-order valence-electron chi connectivity index (χ3n) is 7.44. The Morgan fingerprint density at radius 1 is 1.17 bits per heavy atom. The third-order valence-corrected chi connectivity index (χ3v) is 7.44. The molecule has 5 aliphatic rings. The Labute approximate surface area is 156 Å². The second-order valence-corrected chi connectivity index (χ2v) is 8.61. The number of hydrogen-bond donors (Lipinski definition) is 0. The number of carbonyl (C=O) groups excluding carboxylic acids is 1. The molecule has 5 fully saturated rings. The first-order valence-corrected chi connectivity index (χ1v) is 8.82. The summed E-state index contributed by atoms with van der Waals surface area (Å²) in [5, 5.41) is 0. The number of carbonyl (C=O) groups is 1. The monoisotopic (exact) mass is 317 g/mol. The Morgan fingerprint density at radius 2 is 1.88 bits per heavy atom. The summed E-state index contributed by atoms with van der Waals surface area (Å²) in [5.74, 6) is 1.41. The molecule has 3 aliphatic carbocycles. The molecule has 6 rings (SSSR count). The number of nitrogens with zero attached hydrogens (tertiary/aromatic N) is 1. The van der Waals surface area contributed by atoms with E-state index in [0.717, 1.165) is 12.0 Å². The van der Waals surface area contributed by atoms with E-state index in [2.05, 4.69) is 37.8 Å². The molecule has 5 atom stereocenters. The Balaban J connectivity index is 0.00000146. The molecule has 1 amide bonds. The molecular weight excluding hydrogens is 293 g/mol. The van der Waals surface area contributed by atoms with E-state index in [0.29, 0.717) is 23.7 Å². The number of hydrogen-bond acceptors (Lipinski definition) is 2. The van der Waals surface area contributed by atoms with Crippen LogP contribution in [0.2, 0.25) is 0 Å². The topological polar surface area (TPSA) is 29.5 Å². The van der Waals surface area contributed by atoms with Gasteiger partial charge < -0.3 is 14.4 Å². The molecule has 0 N–H and O–H groups in total. The minimum absolute atomic E-state index is 0. The molecule has 122 valence electrons. The van der Waals surface area contributed by atoms with Gasteiger partial charge in [-0.25, -0.2) is 0 Å². The van der Waals surface area contributed by atoms with Gasteiger partial charge in [-0.05, 0) is 37.0 Å². The normalized spacial score (nSPS) is 44.0. The molecule has 4 heteroatoms. The molecular formula is C20H24LiNO2. The molecule has 2 aliphatic heterocycles. The first-order valence-electron chi connectivity index (χ1n) is 8.82. The van der Waals surface area contributed by atoms with Gasteiger partial charge in [0, 0.05) is 5.56 Å². The average molecular weight is 317 g/mol. The molecule has 0 spiro atoms. The second-order valence-electron chi connectivity index (χ2n) is 8.61. The average Bonchev–Trinajstić information content (AvgIpc) is 2.99. The van der Waals surface area contributed by atoms with Gasteiger partial charge in [0.15, 0.2) is 0 Å². The molecule has 2 bridgehead atoms. The smallest absolute Gasteiger partial charge is 0.345 e. The van der Waals surface area contributed by atoms with Crippen LogP contribution in [-0.4, -0.2) is 22.4 Å². The standard InChI is InChI=1S/C20H24NO2.Li/c1-18(2)14-11-15(18)19(3)16(12-14)21-17(22)9-10-20(21,23-19)13-7-5-4-6-8-13;/h4-9,14-16H,10-12H2,1-3H3;/q-1;+1/t14-,15-,16+,19-,20+;/m1./s1. The summed E-state index contributed by atoms with van der Waals surface area (Å²) < 4.78 is 6.88. The summed E-state index contributed by atoms with van der Waals surface area (Å²) in [6, 6.07) is 10.5. The fraction of sp³-hybridized carbons (Fsp3) is 0.600. The molecule has 1 aromatic rings. The van der Waals surface area contributed by atoms with E-state index >= 15 is 0 Å². The summed E-state index contributed by atoms with van der Waals surface area (Å²) in [7, 11) is 0. The summed E-state index contributed by atoms with van der Waals surface area (Å²) in [6.45, 7) is 7.02. The predicted molar refractivity (Wildman–Crippen MR) is 87.2 cm³/mol. The number of ether oxygens (including phenoxy) is 1. The number of benzene rings is 1. The van der Waals surface area contributed by atoms with Crippen molar-refractivity contribution in [2.45, 2.75) is 57.4 Å². The first kappa shape index (κ1) is 16.6. The van der Waals surface area contributed by atoms with Gasteiger partial charge >= 0.3 is 18.9 Å². The van der Waals surface area contributed by atoms with E-state index in [1.165, 1.54) is 6.42 Å². The summed E-state index contributed by atoms with van der Waals surface area (Å²) in [4.78, 5) is 14.8. The van der Waals surface area contributed by atoms with E-state index in [1.807, 2.05) is 24.6 Å². The largest absolute Gasteiger partial charge is 1.00 e. The van der Waals surface area contributed by atoms with Crippen molar-refractivity contribution in [1.82, 2.24) is 4.90 Å². The van der Waals surface area contributed by atoms with Crippen LogP contribution in [0.4, 0.5) is 0 Å². The number of rotatable bonds is 1. The van der Waals surface area contributed by atoms with Gasteiger partial charge in [0.25, 0.3) is 0 Å².